The Morgan fingerprint density at radius 3 is 0.906 bits per heavy atom. The summed E-state index contributed by atoms with van der Waals surface area (Å²) in [6.45, 7) is 4.92. The minimum Gasteiger partial charge on any atom is -0.466 e. The van der Waals surface area contributed by atoms with Crippen LogP contribution in [0.3, 0.4) is 0 Å². The molecular weight excluding hydrogens is 1040 g/mol. The molecule has 0 aliphatic carbocycles. The average Bonchev–Trinajstić information content (AvgIpc) is 3.51. The van der Waals surface area contributed by atoms with Gasteiger partial charge in [0.25, 0.3) is 0 Å². The lowest BCUT2D eigenvalue weighted by Gasteiger charge is -2.20. The standard InChI is InChI=1S/C79H149NO5/c1-3-5-7-9-11-13-15-16-17-18-43-46-49-53-57-61-65-69-73-79(84)85-74-70-66-62-58-54-50-47-44-41-39-37-35-33-31-29-27-25-23-21-19-20-22-24-26-28-30-32-34-36-38-40-42-45-48-52-56-60-64-68-72-78(83)80-76(75-81)77(82)71-67-63-59-55-51-14-12-10-8-6-4-2/h17-20,23,25,67,71,76-77,81-82H,3-16,21-22,24,26-66,68-70,72-75H2,1-2H3,(H,80,83)/b18-17-,20-19-,25-23-,71-67+. The zero-order chi connectivity index (χ0) is 61.3. The number of hydrogen-bond acceptors (Lipinski definition) is 5. The molecule has 500 valence electrons. The SMILES string of the molecule is CCCCCCCCC/C=C\CCCCCCCCCC(=O)OCCCCCCCCCCCCCCCCC/C=C\C/C=C\CCCCCCCCCCCCCCCCCCCC(=O)NC(CO)C(O)/C=C/CCCCCCCCCCC. The lowest BCUT2D eigenvalue weighted by molar-refractivity contribution is -0.143. The van der Waals surface area contributed by atoms with Gasteiger partial charge in [-0.3, -0.25) is 9.59 Å². The van der Waals surface area contributed by atoms with E-state index in [2.05, 4.69) is 55.6 Å². The van der Waals surface area contributed by atoms with Crippen LogP contribution in [-0.2, 0) is 14.3 Å². The zero-order valence-corrected chi connectivity index (χ0v) is 57.4. The number of aliphatic hydroxyl groups excluding tert-OH is 2. The summed E-state index contributed by atoms with van der Waals surface area (Å²) in [5.74, 6) is -0.0473. The van der Waals surface area contributed by atoms with Crippen molar-refractivity contribution < 1.29 is 24.5 Å². The number of esters is 1. The van der Waals surface area contributed by atoms with Crippen molar-refractivity contribution in [2.75, 3.05) is 13.2 Å². The van der Waals surface area contributed by atoms with Crippen molar-refractivity contribution in [2.24, 2.45) is 0 Å². The summed E-state index contributed by atoms with van der Waals surface area (Å²) in [4.78, 5) is 24.6. The van der Waals surface area contributed by atoms with Gasteiger partial charge in [0.05, 0.1) is 25.4 Å². The maximum Gasteiger partial charge on any atom is 0.305 e. The van der Waals surface area contributed by atoms with E-state index in [1.54, 1.807) is 6.08 Å². The van der Waals surface area contributed by atoms with Crippen LogP contribution in [0.1, 0.15) is 418 Å². The van der Waals surface area contributed by atoms with Crippen LogP contribution in [0, 0.1) is 0 Å². The molecule has 85 heavy (non-hydrogen) atoms. The molecule has 0 aromatic rings. The fourth-order valence-electron chi connectivity index (χ4n) is 12.0. The number of ether oxygens (including phenoxy) is 1. The van der Waals surface area contributed by atoms with Crippen LogP contribution in [0.15, 0.2) is 48.6 Å². The van der Waals surface area contributed by atoms with Crippen molar-refractivity contribution in [2.45, 2.75) is 431 Å². The molecule has 0 bridgehead atoms. The number of carbonyl (C=O) groups excluding carboxylic acids is 2. The third kappa shape index (κ3) is 70.8. The lowest BCUT2D eigenvalue weighted by atomic mass is 10.0. The van der Waals surface area contributed by atoms with Gasteiger partial charge in [0.15, 0.2) is 0 Å². The molecule has 3 N–H and O–H groups in total. The maximum absolute atomic E-state index is 12.4. The molecular formula is C79H149NO5. The molecule has 6 nitrogen and oxygen atoms in total. The summed E-state index contributed by atoms with van der Waals surface area (Å²) in [6, 6.07) is -0.624. The lowest BCUT2D eigenvalue weighted by Crippen LogP contribution is -2.45. The molecule has 0 radical (unpaired) electrons. The van der Waals surface area contributed by atoms with E-state index >= 15 is 0 Å². The Kier molecular flexibility index (Phi) is 72.4. The highest BCUT2D eigenvalue weighted by Gasteiger charge is 2.18. The fourth-order valence-corrected chi connectivity index (χ4v) is 12.0. The Labute approximate surface area is 531 Å². The molecule has 1 amide bonds. The molecule has 0 spiro atoms. The first-order valence-electron chi connectivity index (χ1n) is 38.4. The van der Waals surface area contributed by atoms with Crippen LogP contribution >= 0.6 is 0 Å². The largest absolute Gasteiger partial charge is 0.466 e. The van der Waals surface area contributed by atoms with Crippen molar-refractivity contribution in [1.29, 1.82) is 0 Å². The van der Waals surface area contributed by atoms with Crippen LogP contribution < -0.4 is 5.32 Å². The van der Waals surface area contributed by atoms with Gasteiger partial charge < -0.3 is 20.3 Å². The molecule has 0 aromatic heterocycles. The molecule has 0 heterocycles. The van der Waals surface area contributed by atoms with Crippen LogP contribution in [-0.4, -0.2) is 47.4 Å². The smallest absolute Gasteiger partial charge is 0.305 e. The number of nitrogens with one attached hydrogen (secondary N) is 1. The maximum atomic E-state index is 12.4. The van der Waals surface area contributed by atoms with Gasteiger partial charge in [-0.1, -0.05) is 364 Å². The van der Waals surface area contributed by atoms with Gasteiger partial charge in [-0.25, -0.2) is 0 Å². The molecule has 2 atom stereocenters. The molecule has 0 aliphatic rings. The Hall–Kier alpha value is -2.18. The Balaban J connectivity index is 3.34. The summed E-state index contributed by atoms with van der Waals surface area (Å²) in [5.41, 5.74) is 0. The number of rotatable bonds is 72. The Morgan fingerprint density at radius 1 is 0.329 bits per heavy atom. The van der Waals surface area contributed by atoms with E-state index in [0.717, 1.165) is 51.4 Å². The molecule has 0 saturated heterocycles. The van der Waals surface area contributed by atoms with Crippen molar-refractivity contribution in [3.63, 3.8) is 0 Å². The first kappa shape index (κ1) is 82.8. The van der Waals surface area contributed by atoms with Crippen LogP contribution in [0.25, 0.3) is 0 Å². The minimum absolute atomic E-state index is 0.0176. The van der Waals surface area contributed by atoms with Gasteiger partial charge in [-0.05, 0) is 89.9 Å². The monoisotopic (exact) mass is 1190 g/mol. The van der Waals surface area contributed by atoms with Crippen LogP contribution in [0.4, 0.5) is 0 Å². The third-order valence-corrected chi connectivity index (χ3v) is 17.8. The first-order chi connectivity index (χ1) is 42.0. The predicted octanol–water partition coefficient (Wildman–Crippen LogP) is 25.2. The average molecular weight is 1190 g/mol. The van der Waals surface area contributed by atoms with Gasteiger partial charge >= 0.3 is 5.97 Å². The van der Waals surface area contributed by atoms with Gasteiger partial charge in [0, 0.05) is 12.8 Å². The van der Waals surface area contributed by atoms with Crippen molar-refractivity contribution in [3.8, 4) is 0 Å². The normalized spacial score (nSPS) is 12.8. The molecule has 6 heteroatoms. The summed E-state index contributed by atoms with van der Waals surface area (Å²) in [7, 11) is 0. The summed E-state index contributed by atoms with van der Waals surface area (Å²) in [5, 5.41) is 23.1. The van der Waals surface area contributed by atoms with E-state index < -0.39 is 12.1 Å². The van der Waals surface area contributed by atoms with E-state index in [9.17, 15) is 19.8 Å². The predicted molar refractivity (Wildman–Crippen MR) is 375 cm³/mol. The van der Waals surface area contributed by atoms with E-state index in [0.29, 0.717) is 19.4 Å². The number of hydrogen-bond donors (Lipinski definition) is 3. The van der Waals surface area contributed by atoms with E-state index in [-0.39, 0.29) is 18.5 Å². The van der Waals surface area contributed by atoms with E-state index in [1.165, 1.54) is 340 Å². The minimum atomic E-state index is -0.841. The second kappa shape index (κ2) is 74.3. The highest BCUT2D eigenvalue weighted by molar-refractivity contribution is 5.76. The molecule has 0 aromatic carbocycles. The number of aliphatic hydroxyl groups is 2. The molecule has 0 aliphatic heterocycles. The third-order valence-electron chi connectivity index (χ3n) is 17.8. The Morgan fingerprint density at radius 2 is 0.588 bits per heavy atom. The van der Waals surface area contributed by atoms with E-state index in [4.69, 9.17) is 4.74 Å². The fraction of sp³-hybridized carbons (Fsp3) is 0.873. The molecule has 0 saturated carbocycles. The molecule has 2 unspecified atom stereocenters. The topological polar surface area (TPSA) is 95.9 Å². The second-order valence-corrected chi connectivity index (χ2v) is 26.3. The van der Waals surface area contributed by atoms with Gasteiger partial charge in [-0.15, -0.1) is 0 Å². The molecule has 0 rings (SSSR count). The zero-order valence-electron chi connectivity index (χ0n) is 57.4. The molecule has 0 fully saturated rings. The number of allylic oxidation sites excluding steroid dienone is 7. The van der Waals surface area contributed by atoms with Crippen molar-refractivity contribution in [3.05, 3.63) is 48.6 Å². The Bertz CT molecular complexity index is 1420. The van der Waals surface area contributed by atoms with Gasteiger partial charge in [0.1, 0.15) is 0 Å². The van der Waals surface area contributed by atoms with Crippen molar-refractivity contribution in [1.82, 2.24) is 5.32 Å². The summed E-state index contributed by atoms with van der Waals surface area (Å²) < 4.78 is 5.51. The van der Waals surface area contributed by atoms with Gasteiger partial charge in [-0.2, -0.15) is 0 Å². The van der Waals surface area contributed by atoms with Crippen LogP contribution in [0.2, 0.25) is 0 Å². The van der Waals surface area contributed by atoms with E-state index in [1.807, 2.05) is 6.08 Å². The highest BCUT2D eigenvalue weighted by atomic mass is 16.5. The second-order valence-electron chi connectivity index (χ2n) is 26.3. The quantitative estimate of drug-likeness (QED) is 0.0320. The number of unbranched alkanes of at least 4 members (excludes halogenated alkanes) is 55. The number of amides is 1. The van der Waals surface area contributed by atoms with Crippen LogP contribution in [0.5, 0.6) is 0 Å². The van der Waals surface area contributed by atoms with Gasteiger partial charge in [0.2, 0.25) is 5.91 Å². The highest BCUT2D eigenvalue weighted by Crippen LogP contribution is 2.19. The first-order valence-corrected chi connectivity index (χ1v) is 38.4. The summed E-state index contributed by atoms with van der Waals surface area (Å²) >= 11 is 0. The van der Waals surface area contributed by atoms with Crippen molar-refractivity contribution >= 4 is 11.9 Å². The number of carbonyl (C=O) groups is 2. The summed E-state index contributed by atoms with van der Waals surface area (Å²) in [6.07, 6.45) is 98.1.